The number of hydrogen-bond donors (Lipinski definition) is 1. The molecule has 0 fully saturated rings. The van der Waals surface area contributed by atoms with Crippen molar-refractivity contribution in [2.45, 2.75) is 26.4 Å². The highest BCUT2D eigenvalue weighted by atomic mass is 16.5. The van der Waals surface area contributed by atoms with Gasteiger partial charge in [0.1, 0.15) is 12.4 Å². The summed E-state index contributed by atoms with van der Waals surface area (Å²) in [5, 5.41) is 11.6. The van der Waals surface area contributed by atoms with Crippen molar-refractivity contribution in [2.75, 3.05) is 13.2 Å². The summed E-state index contributed by atoms with van der Waals surface area (Å²) in [5.74, 6) is -0.193. The molecule has 4 nitrogen and oxygen atoms in total. The molecule has 0 unspecified atom stereocenters. The van der Waals surface area contributed by atoms with Crippen LogP contribution in [0, 0.1) is 0 Å². The van der Waals surface area contributed by atoms with Crippen molar-refractivity contribution in [1.29, 1.82) is 0 Å². The lowest BCUT2D eigenvalue weighted by molar-refractivity contribution is -0.149. The molecule has 0 bridgehead atoms. The summed E-state index contributed by atoms with van der Waals surface area (Å²) in [4.78, 5) is 11.2. The first-order valence-corrected chi connectivity index (χ1v) is 9.79. The Labute approximate surface area is 171 Å². The minimum atomic E-state index is -0.943. The van der Waals surface area contributed by atoms with Crippen LogP contribution in [0.25, 0.3) is 16.3 Å². The molecule has 0 amide bonds. The van der Waals surface area contributed by atoms with Crippen molar-refractivity contribution in [3.05, 3.63) is 83.9 Å². The van der Waals surface area contributed by atoms with Crippen LogP contribution >= 0.6 is 0 Å². The van der Waals surface area contributed by atoms with Crippen molar-refractivity contribution in [2.24, 2.45) is 0 Å². The number of carboxylic acid groups (broad SMARTS) is 1. The largest absolute Gasteiger partial charge is 0.490 e. The quantitative estimate of drug-likeness (QED) is 0.535. The first-order chi connectivity index (χ1) is 14.1. The van der Waals surface area contributed by atoms with E-state index < -0.39 is 12.1 Å². The third kappa shape index (κ3) is 5.69. The van der Waals surface area contributed by atoms with Gasteiger partial charge >= 0.3 is 5.97 Å². The van der Waals surface area contributed by atoms with E-state index in [2.05, 4.69) is 43.3 Å². The molecule has 150 valence electrons. The lowest BCUT2D eigenvalue weighted by atomic mass is 10.0. The van der Waals surface area contributed by atoms with E-state index in [9.17, 15) is 9.90 Å². The van der Waals surface area contributed by atoms with Crippen molar-refractivity contribution < 1.29 is 19.4 Å². The van der Waals surface area contributed by atoms with Crippen molar-refractivity contribution in [3.63, 3.8) is 0 Å². The molecule has 0 saturated heterocycles. The van der Waals surface area contributed by atoms with Crippen LogP contribution in [-0.2, 0) is 16.0 Å². The first-order valence-electron chi connectivity index (χ1n) is 9.79. The molecule has 3 rings (SSSR count). The van der Waals surface area contributed by atoms with Crippen LogP contribution in [0.4, 0.5) is 0 Å². The molecule has 0 aromatic heterocycles. The molecule has 3 aromatic rings. The van der Waals surface area contributed by atoms with Crippen LogP contribution in [0.15, 0.2) is 72.8 Å². The summed E-state index contributed by atoms with van der Waals surface area (Å²) in [7, 11) is 0. The number of ether oxygens (including phenoxy) is 2. The topological polar surface area (TPSA) is 55.8 Å². The molecule has 1 N–H and O–H groups in total. The van der Waals surface area contributed by atoms with Gasteiger partial charge in [-0.2, -0.15) is 0 Å². The van der Waals surface area contributed by atoms with E-state index in [1.54, 1.807) is 6.92 Å². The van der Waals surface area contributed by atoms with Crippen LogP contribution in [0.2, 0.25) is 0 Å². The number of hydrogen-bond acceptors (Lipinski definition) is 3. The van der Waals surface area contributed by atoms with Gasteiger partial charge in [-0.15, -0.1) is 0 Å². The molecule has 0 aliphatic heterocycles. The fourth-order valence-corrected chi connectivity index (χ4v) is 3.17. The Morgan fingerprint density at radius 2 is 1.76 bits per heavy atom. The third-order valence-corrected chi connectivity index (χ3v) is 4.83. The highest BCUT2D eigenvalue weighted by Gasteiger charge is 2.17. The average molecular weight is 390 g/mol. The van der Waals surface area contributed by atoms with Gasteiger partial charge in [0, 0.05) is 13.0 Å². The Bertz CT molecular complexity index is 989. The Hall–Kier alpha value is -3.11. The van der Waals surface area contributed by atoms with Crippen LogP contribution in [0.1, 0.15) is 25.0 Å². The molecule has 0 saturated carbocycles. The number of aliphatic carboxylic acids is 1. The molecule has 0 aliphatic rings. The summed E-state index contributed by atoms with van der Waals surface area (Å²) in [5.41, 5.74) is 3.24. The summed E-state index contributed by atoms with van der Waals surface area (Å²) in [6, 6.07) is 22.2. The van der Waals surface area contributed by atoms with E-state index in [4.69, 9.17) is 9.47 Å². The van der Waals surface area contributed by atoms with Gasteiger partial charge < -0.3 is 14.6 Å². The summed E-state index contributed by atoms with van der Waals surface area (Å²) in [6.07, 6.45) is 1.58. The second-order valence-corrected chi connectivity index (χ2v) is 6.89. The van der Waals surface area contributed by atoms with E-state index in [-0.39, 0.29) is 0 Å². The zero-order valence-corrected chi connectivity index (χ0v) is 16.8. The van der Waals surface area contributed by atoms with Gasteiger partial charge in [-0.1, -0.05) is 48.5 Å². The molecular formula is C25H26O4. The van der Waals surface area contributed by atoms with E-state index >= 15 is 0 Å². The number of fused-ring (bicyclic) bond motifs is 1. The monoisotopic (exact) mass is 390 g/mol. The lowest BCUT2D eigenvalue weighted by Gasteiger charge is -2.12. The summed E-state index contributed by atoms with van der Waals surface area (Å²) >= 11 is 0. The smallest absolute Gasteiger partial charge is 0.333 e. The van der Waals surface area contributed by atoms with E-state index in [0.717, 1.165) is 16.9 Å². The number of carbonyl (C=O) groups is 1. The molecule has 3 aromatic carbocycles. The van der Waals surface area contributed by atoms with Gasteiger partial charge in [-0.05, 0) is 65.6 Å². The minimum absolute atomic E-state index is 0.338. The highest BCUT2D eigenvalue weighted by Crippen LogP contribution is 2.21. The lowest BCUT2D eigenvalue weighted by Crippen LogP contribution is -2.26. The van der Waals surface area contributed by atoms with Gasteiger partial charge in [0.15, 0.2) is 6.10 Å². The normalized spacial score (nSPS) is 12.7. The van der Waals surface area contributed by atoms with E-state index in [1.165, 1.54) is 16.3 Å². The van der Waals surface area contributed by atoms with Gasteiger partial charge in [-0.25, -0.2) is 4.79 Å². The van der Waals surface area contributed by atoms with Gasteiger partial charge in [0.2, 0.25) is 0 Å². The molecular weight excluding hydrogens is 364 g/mol. The van der Waals surface area contributed by atoms with Crippen LogP contribution < -0.4 is 4.74 Å². The van der Waals surface area contributed by atoms with E-state index in [0.29, 0.717) is 19.6 Å². The SMILES string of the molecule is CCO[C@@H](Cc1ccc(OC/C=C(\C)c2ccc3ccccc3c2)cc1)C(=O)O. The molecule has 4 heteroatoms. The fraction of sp³-hybridized carbons (Fsp3) is 0.240. The Kier molecular flexibility index (Phi) is 7.04. The molecule has 0 radical (unpaired) electrons. The second kappa shape index (κ2) is 9.89. The molecule has 1 atom stereocenters. The number of allylic oxidation sites excluding steroid dienone is 1. The van der Waals surface area contributed by atoms with E-state index in [1.807, 2.05) is 36.4 Å². The second-order valence-electron chi connectivity index (χ2n) is 6.89. The molecule has 0 aliphatic carbocycles. The highest BCUT2D eigenvalue weighted by molar-refractivity contribution is 5.86. The van der Waals surface area contributed by atoms with Crippen LogP contribution in [0.5, 0.6) is 5.75 Å². The predicted octanol–water partition coefficient (Wildman–Crippen LogP) is 5.35. The zero-order valence-electron chi connectivity index (χ0n) is 16.8. The van der Waals surface area contributed by atoms with Crippen LogP contribution in [-0.4, -0.2) is 30.4 Å². The fourth-order valence-electron chi connectivity index (χ4n) is 3.17. The molecule has 0 spiro atoms. The molecule has 0 heterocycles. The van der Waals surface area contributed by atoms with Crippen molar-refractivity contribution in [1.82, 2.24) is 0 Å². The maximum absolute atomic E-state index is 11.2. The third-order valence-electron chi connectivity index (χ3n) is 4.83. The maximum atomic E-state index is 11.2. The number of carboxylic acids is 1. The standard InChI is InChI=1S/C25H26O4/c1-3-28-24(25(26)27)16-19-8-12-23(13-9-19)29-15-14-18(2)21-11-10-20-6-4-5-7-22(20)17-21/h4-14,17,24H,3,15-16H2,1-2H3,(H,26,27)/b18-14+/t24-/m0/s1. The number of benzene rings is 3. The maximum Gasteiger partial charge on any atom is 0.333 e. The van der Waals surface area contributed by atoms with Crippen molar-refractivity contribution >= 4 is 22.3 Å². The van der Waals surface area contributed by atoms with Crippen molar-refractivity contribution in [3.8, 4) is 5.75 Å². The zero-order chi connectivity index (χ0) is 20.6. The van der Waals surface area contributed by atoms with Gasteiger partial charge in [0.25, 0.3) is 0 Å². The molecule has 29 heavy (non-hydrogen) atoms. The summed E-state index contributed by atoms with van der Waals surface area (Å²) < 4.78 is 11.1. The number of rotatable bonds is 9. The Morgan fingerprint density at radius 1 is 1.03 bits per heavy atom. The first kappa shape index (κ1) is 20.6. The minimum Gasteiger partial charge on any atom is -0.490 e. The van der Waals surface area contributed by atoms with Gasteiger partial charge in [-0.3, -0.25) is 0 Å². The van der Waals surface area contributed by atoms with Crippen LogP contribution in [0.3, 0.4) is 0 Å². The predicted molar refractivity (Wildman–Crippen MR) is 116 cm³/mol. The average Bonchev–Trinajstić information content (AvgIpc) is 2.74. The van der Waals surface area contributed by atoms with Gasteiger partial charge in [0.05, 0.1) is 0 Å². The summed E-state index contributed by atoms with van der Waals surface area (Å²) in [6.45, 7) is 4.71. The Morgan fingerprint density at radius 3 is 2.45 bits per heavy atom. The Balaban J connectivity index is 1.58.